The van der Waals surface area contributed by atoms with Gasteiger partial charge in [0.05, 0.1) is 18.0 Å². The number of nitrogen functional groups attached to an aromatic ring is 1. The molecule has 0 aliphatic carbocycles. The minimum atomic E-state index is -0.496. The predicted molar refractivity (Wildman–Crippen MR) is 74.7 cm³/mol. The van der Waals surface area contributed by atoms with E-state index in [1.807, 2.05) is 25.1 Å². The Bertz CT molecular complexity index is 597. The molecule has 0 radical (unpaired) electrons. The van der Waals surface area contributed by atoms with E-state index in [-0.39, 0.29) is 5.69 Å². The van der Waals surface area contributed by atoms with Gasteiger partial charge in [0.2, 0.25) is 5.69 Å². The number of nitrogens with two attached hydrogens (primary N) is 1. The summed E-state index contributed by atoms with van der Waals surface area (Å²) in [6.45, 7) is 3.99. The van der Waals surface area contributed by atoms with Crippen molar-refractivity contribution in [2.75, 3.05) is 17.7 Å². The summed E-state index contributed by atoms with van der Waals surface area (Å²) in [6, 6.07) is 5.62. The average molecular weight is 278 g/mol. The van der Waals surface area contributed by atoms with Gasteiger partial charge in [-0.1, -0.05) is 10.6 Å². The number of nitrogens with zero attached hydrogens (tertiary/aromatic N) is 2. The number of nitrogens with one attached hydrogen (secondary N) is 1. The smallest absolute Gasteiger partial charge is 0.362 e. The van der Waals surface area contributed by atoms with Crippen LogP contribution in [0.25, 0.3) is 0 Å². The van der Waals surface area contributed by atoms with Crippen LogP contribution in [0.2, 0.25) is 0 Å². The predicted octanol–water partition coefficient (Wildman–Crippen LogP) is 2.35. The minimum absolute atomic E-state index is 0.173. The fraction of sp³-hybridized carbons (Fsp3) is 0.250. The Kier molecular flexibility index (Phi) is 3.96. The third kappa shape index (κ3) is 3.00. The summed E-state index contributed by atoms with van der Waals surface area (Å²) in [7, 11) is 0. The number of hydrogen-bond donors (Lipinski definition) is 2. The SMILES string of the molecule is CCOC(=O)c1nnsc1Nc1ccc(C)cc1N. The van der Waals surface area contributed by atoms with Gasteiger partial charge in [0.25, 0.3) is 0 Å². The molecule has 0 fully saturated rings. The summed E-state index contributed by atoms with van der Waals surface area (Å²) in [4.78, 5) is 11.7. The molecule has 1 heterocycles. The highest BCUT2D eigenvalue weighted by atomic mass is 32.1. The molecule has 0 atom stereocenters. The fourth-order valence-electron chi connectivity index (χ4n) is 1.52. The van der Waals surface area contributed by atoms with E-state index in [0.717, 1.165) is 17.1 Å². The number of carbonyl (C=O) groups excluding carboxylic acids is 1. The standard InChI is InChI=1S/C12H14N4O2S/c1-3-18-12(17)10-11(19-16-15-10)14-9-5-4-7(2)6-8(9)13/h4-6,14H,3,13H2,1-2H3. The summed E-state index contributed by atoms with van der Waals surface area (Å²) < 4.78 is 8.66. The minimum Gasteiger partial charge on any atom is -0.461 e. The Morgan fingerprint density at radius 1 is 1.53 bits per heavy atom. The van der Waals surface area contributed by atoms with Gasteiger partial charge in [-0.15, -0.1) is 5.10 Å². The molecule has 7 heteroatoms. The Balaban J connectivity index is 2.24. The zero-order chi connectivity index (χ0) is 13.8. The van der Waals surface area contributed by atoms with Crippen LogP contribution in [-0.2, 0) is 4.74 Å². The maximum atomic E-state index is 11.7. The first kappa shape index (κ1) is 13.3. The van der Waals surface area contributed by atoms with Crippen molar-refractivity contribution in [3.8, 4) is 0 Å². The lowest BCUT2D eigenvalue weighted by Gasteiger charge is -2.08. The van der Waals surface area contributed by atoms with E-state index in [9.17, 15) is 4.79 Å². The lowest BCUT2D eigenvalue weighted by molar-refractivity contribution is 0.0520. The van der Waals surface area contributed by atoms with Gasteiger partial charge >= 0.3 is 5.97 Å². The van der Waals surface area contributed by atoms with Crippen LogP contribution in [-0.4, -0.2) is 22.2 Å². The Morgan fingerprint density at radius 2 is 2.32 bits per heavy atom. The molecule has 0 bridgehead atoms. The van der Waals surface area contributed by atoms with Crippen molar-refractivity contribution in [2.45, 2.75) is 13.8 Å². The Hall–Kier alpha value is -2.15. The molecular weight excluding hydrogens is 264 g/mol. The number of ether oxygens (including phenoxy) is 1. The van der Waals surface area contributed by atoms with Crippen LogP contribution >= 0.6 is 11.5 Å². The molecule has 0 aliphatic rings. The number of aromatic nitrogens is 2. The van der Waals surface area contributed by atoms with Gasteiger partial charge in [-0.25, -0.2) is 4.79 Å². The molecule has 1 aromatic heterocycles. The molecule has 0 unspecified atom stereocenters. The van der Waals surface area contributed by atoms with Gasteiger partial charge in [0.15, 0.2) is 0 Å². The summed E-state index contributed by atoms with van der Waals surface area (Å²) in [6.07, 6.45) is 0. The van der Waals surface area contributed by atoms with Crippen molar-refractivity contribution in [2.24, 2.45) is 0 Å². The zero-order valence-corrected chi connectivity index (χ0v) is 11.5. The monoisotopic (exact) mass is 278 g/mol. The third-order valence-corrected chi connectivity index (χ3v) is 3.05. The molecule has 0 saturated heterocycles. The third-order valence-electron chi connectivity index (χ3n) is 2.41. The highest BCUT2D eigenvalue weighted by Gasteiger charge is 2.18. The lowest BCUT2D eigenvalue weighted by atomic mass is 10.2. The largest absolute Gasteiger partial charge is 0.461 e. The average Bonchev–Trinajstić information content (AvgIpc) is 2.81. The first-order valence-corrected chi connectivity index (χ1v) is 6.51. The van der Waals surface area contributed by atoms with E-state index >= 15 is 0 Å². The topological polar surface area (TPSA) is 90.1 Å². The van der Waals surface area contributed by atoms with E-state index in [0.29, 0.717) is 23.0 Å². The summed E-state index contributed by atoms with van der Waals surface area (Å²) in [5.41, 5.74) is 8.46. The number of rotatable bonds is 4. The highest BCUT2D eigenvalue weighted by molar-refractivity contribution is 7.10. The van der Waals surface area contributed by atoms with Crippen LogP contribution in [0.1, 0.15) is 23.0 Å². The van der Waals surface area contributed by atoms with Crippen LogP contribution < -0.4 is 11.1 Å². The van der Waals surface area contributed by atoms with Crippen LogP contribution in [0, 0.1) is 6.92 Å². The quantitative estimate of drug-likeness (QED) is 0.659. The molecule has 0 aliphatic heterocycles. The number of carbonyl (C=O) groups is 1. The molecule has 1 aromatic carbocycles. The lowest BCUT2D eigenvalue weighted by Crippen LogP contribution is -2.08. The van der Waals surface area contributed by atoms with Gasteiger partial charge in [-0.3, -0.25) is 0 Å². The van der Waals surface area contributed by atoms with E-state index in [1.165, 1.54) is 0 Å². The molecule has 6 nitrogen and oxygen atoms in total. The van der Waals surface area contributed by atoms with Gasteiger partial charge in [0, 0.05) is 11.5 Å². The molecule has 0 amide bonds. The van der Waals surface area contributed by atoms with Crippen molar-refractivity contribution in [1.82, 2.24) is 9.59 Å². The number of benzene rings is 1. The first-order valence-electron chi connectivity index (χ1n) is 5.74. The highest BCUT2D eigenvalue weighted by Crippen LogP contribution is 2.28. The second-order valence-corrected chi connectivity index (χ2v) is 4.64. The maximum absolute atomic E-state index is 11.7. The van der Waals surface area contributed by atoms with Crippen LogP contribution in [0.4, 0.5) is 16.4 Å². The van der Waals surface area contributed by atoms with Gasteiger partial charge in [-0.05, 0) is 31.5 Å². The van der Waals surface area contributed by atoms with Gasteiger partial charge in [-0.2, -0.15) is 0 Å². The van der Waals surface area contributed by atoms with Crippen molar-refractivity contribution >= 4 is 33.9 Å². The normalized spacial score (nSPS) is 10.2. The number of anilines is 3. The van der Waals surface area contributed by atoms with E-state index in [4.69, 9.17) is 10.5 Å². The second kappa shape index (κ2) is 5.66. The van der Waals surface area contributed by atoms with Crippen molar-refractivity contribution < 1.29 is 9.53 Å². The van der Waals surface area contributed by atoms with Crippen molar-refractivity contribution in [1.29, 1.82) is 0 Å². The van der Waals surface area contributed by atoms with Crippen LogP contribution in [0.3, 0.4) is 0 Å². The summed E-state index contributed by atoms with van der Waals surface area (Å²) in [5.74, 6) is -0.496. The van der Waals surface area contributed by atoms with E-state index in [2.05, 4.69) is 14.9 Å². The molecule has 3 N–H and O–H groups in total. The maximum Gasteiger partial charge on any atom is 0.362 e. The van der Waals surface area contributed by atoms with E-state index in [1.54, 1.807) is 6.92 Å². The number of hydrogen-bond acceptors (Lipinski definition) is 7. The van der Waals surface area contributed by atoms with Crippen LogP contribution in [0.15, 0.2) is 18.2 Å². The Labute approximate surface area is 114 Å². The molecule has 2 rings (SSSR count). The zero-order valence-electron chi connectivity index (χ0n) is 10.6. The molecule has 100 valence electrons. The number of esters is 1. The molecule has 2 aromatic rings. The molecule has 19 heavy (non-hydrogen) atoms. The molecular formula is C12H14N4O2S. The van der Waals surface area contributed by atoms with E-state index < -0.39 is 5.97 Å². The molecule has 0 saturated carbocycles. The van der Waals surface area contributed by atoms with Crippen molar-refractivity contribution in [3.05, 3.63) is 29.5 Å². The fourth-order valence-corrected chi connectivity index (χ4v) is 2.09. The summed E-state index contributed by atoms with van der Waals surface area (Å²) >= 11 is 1.08. The van der Waals surface area contributed by atoms with Gasteiger partial charge < -0.3 is 15.8 Å². The summed E-state index contributed by atoms with van der Waals surface area (Å²) in [5, 5.41) is 7.35. The number of aryl methyl sites for hydroxylation is 1. The van der Waals surface area contributed by atoms with Crippen molar-refractivity contribution in [3.63, 3.8) is 0 Å². The van der Waals surface area contributed by atoms with Crippen LogP contribution in [0.5, 0.6) is 0 Å². The second-order valence-electron chi connectivity index (χ2n) is 3.89. The Morgan fingerprint density at radius 3 is 3.00 bits per heavy atom. The molecule has 0 spiro atoms. The van der Waals surface area contributed by atoms with Gasteiger partial charge in [0.1, 0.15) is 5.00 Å². The first-order chi connectivity index (χ1) is 9.11.